The molecule has 1 aliphatic heterocycles. The maximum atomic E-state index is 13.6. The molecule has 10 heteroatoms. The van der Waals surface area contributed by atoms with Gasteiger partial charge in [0.1, 0.15) is 22.2 Å². The van der Waals surface area contributed by atoms with Crippen LogP contribution in [-0.2, 0) is 14.3 Å². The van der Waals surface area contributed by atoms with Crippen LogP contribution in [0.3, 0.4) is 0 Å². The molecule has 0 radical (unpaired) electrons. The molecule has 0 spiro atoms. The molecule has 0 saturated carbocycles. The number of ketones is 1. The second kappa shape index (κ2) is 9.06. The van der Waals surface area contributed by atoms with E-state index >= 15 is 0 Å². The average molecular weight is 482 g/mol. The first kappa shape index (κ1) is 23.1. The number of esters is 1. The zero-order chi connectivity index (χ0) is 24.6. The van der Waals surface area contributed by atoms with Crippen LogP contribution in [0.15, 0.2) is 54.1 Å². The normalized spacial score (nSPS) is 17.2. The second-order valence-electron chi connectivity index (χ2n) is 7.35. The van der Waals surface area contributed by atoms with Gasteiger partial charge in [-0.15, -0.1) is 0 Å². The second-order valence-corrected chi connectivity index (χ2v) is 8.33. The smallest absolute Gasteiger partial charge is 0.350 e. The number of nitrogens with zero attached hydrogens (tertiary/aromatic N) is 2. The predicted octanol–water partition coefficient (Wildman–Crippen LogP) is 4.01. The minimum Gasteiger partial charge on any atom is -0.507 e. The van der Waals surface area contributed by atoms with Crippen molar-refractivity contribution in [3.05, 3.63) is 81.6 Å². The summed E-state index contributed by atoms with van der Waals surface area (Å²) in [6, 6.07) is 10.4. The minimum absolute atomic E-state index is 0.0723. The summed E-state index contributed by atoms with van der Waals surface area (Å²) in [6.07, 6.45) is 0. The van der Waals surface area contributed by atoms with Crippen molar-refractivity contribution in [3.63, 3.8) is 0 Å². The van der Waals surface area contributed by atoms with E-state index in [1.807, 2.05) is 0 Å². The van der Waals surface area contributed by atoms with Gasteiger partial charge in [0, 0.05) is 5.56 Å². The van der Waals surface area contributed by atoms with Gasteiger partial charge in [-0.25, -0.2) is 14.2 Å². The van der Waals surface area contributed by atoms with Crippen LogP contribution in [0.25, 0.3) is 5.76 Å². The van der Waals surface area contributed by atoms with Crippen LogP contribution in [-0.4, -0.2) is 42.0 Å². The highest BCUT2D eigenvalue weighted by Crippen LogP contribution is 2.44. The monoisotopic (exact) mass is 482 g/mol. The van der Waals surface area contributed by atoms with E-state index < -0.39 is 35.3 Å². The third kappa shape index (κ3) is 3.92. The van der Waals surface area contributed by atoms with Crippen molar-refractivity contribution >= 4 is 39.9 Å². The molecular formula is C24H19FN2O6S. The van der Waals surface area contributed by atoms with Gasteiger partial charge in [0.25, 0.3) is 5.78 Å². The number of anilines is 1. The first-order valence-electron chi connectivity index (χ1n) is 10.0. The Balaban J connectivity index is 1.91. The van der Waals surface area contributed by atoms with Crippen molar-refractivity contribution in [2.45, 2.75) is 13.0 Å². The van der Waals surface area contributed by atoms with Gasteiger partial charge >= 0.3 is 11.9 Å². The lowest BCUT2D eigenvalue weighted by atomic mass is 9.95. The molecule has 174 valence electrons. The molecule has 2 aromatic carbocycles. The highest BCUT2D eigenvalue weighted by Gasteiger charge is 2.48. The van der Waals surface area contributed by atoms with Crippen LogP contribution in [0.4, 0.5) is 9.52 Å². The summed E-state index contributed by atoms with van der Waals surface area (Å²) >= 11 is 0.884. The Morgan fingerprint density at radius 2 is 1.74 bits per heavy atom. The molecule has 2 heterocycles. The lowest BCUT2D eigenvalue weighted by Gasteiger charge is -2.23. The first-order chi connectivity index (χ1) is 16.3. The van der Waals surface area contributed by atoms with E-state index in [0.717, 1.165) is 16.2 Å². The Labute approximate surface area is 197 Å². The van der Waals surface area contributed by atoms with Crippen molar-refractivity contribution < 1.29 is 33.4 Å². The SMILES string of the molecule is COC(=O)c1sc(N2C(=O)C(=O)/C(=C(\O)c3ccc(OC)cc3)C2c2ccc(F)cc2)nc1C. The quantitative estimate of drug-likeness (QED) is 0.253. The molecule has 34 heavy (non-hydrogen) atoms. The zero-order valence-electron chi connectivity index (χ0n) is 18.4. The van der Waals surface area contributed by atoms with Crippen molar-refractivity contribution in [1.29, 1.82) is 0 Å². The van der Waals surface area contributed by atoms with Crippen LogP contribution in [0.1, 0.15) is 32.5 Å². The third-order valence-corrected chi connectivity index (χ3v) is 6.49. The van der Waals surface area contributed by atoms with Crippen LogP contribution < -0.4 is 9.64 Å². The number of ether oxygens (including phenoxy) is 2. The topological polar surface area (TPSA) is 106 Å². The Morgan fingerprint density at radius 1 is 1.09 bits per heavy atom. The van der Waals surface area contributed by atoms with Gasteiger partial charge in [-0.3, -0.25) is 14.5 Å². The molecular weight excluding hydrogens is 463 g/mol. The van der Waals surface area contributed by atoms with Crippen LogP contribution >= 0.6 is 11.3 Å². The van der Waals surface area contributed by atoms with Crippen LogP contribution in [0.2, 0.25) is 0 Å². The fourth-order valence-corrected chi connectivity index (χ4v) is 4.67. The molecule has 0 bridgehead atoms. The minimum atomic E-state index is -1.10. The van der Waals surface area contributed by atoms with Crippen molar-refractivity contribution in [3.8, 4) is 5.75 Å². The number of thiazole rings is 1. The average Bonchev–Trinajstić information content (AvgIpc) is 3.35. The summed E-state index contributed by atoms with van der Waals surface area (Å²) in [4.78, 5) is 44.0. The summed E-state index contributed by atoms with van der Waals surface area (Å²) in [5.74, 6) is -2.87. The lowest BCUT2D eigenvalue weighted by Crippen LogP contribution is -2.29. The number of Topliss-reactive ketones (excluding diaryl/α,β-unsaturated/α-hetero) is 1. The summed E-state index contributed by atoms with van der Waals surface area (Å²) in [5, 5.41) is 11.2. The van der Waals surface area contributed by atoms with Crippen molar-refractivity contribution in [2.24, 2.45) is 0 Å². The standard InChI is InChI=1S/C24H19FN2O6S/c1-12-21(23(31)33-3)34-24(26-12)27-18(13-4-8-15(25)9-5-13)17(20(29)22(27)30)19(28)14-6-10-16(32-2)11-7-14/h4-11,18,28H,1-3H3/b19-17-. The Hall–Kier alpha value is -4.05. The maximum Gasteiger partial charge on any atom is 0.350 e. The van der Waals surface area contributed by atoms with Crippen LogP contribution in [0.5, 0.6) is 5.75 Å². The number of aryl methyl sites for hydroxylation is 1. The molecule has 0 aliphatic carbocycles. The van der Waals surface area contributed by atoms with Gasteiger partial charge in [0.15, 0.2) is 5.13 Å². The van der Waals surface area contributed by atoms with E-state index in [0.29, 0.717) is 17.0 Å². The zero-order valence-corrected chi connectivity index (χ0v) is 19.2. The molecule has 4 rings (SSSR count). The molecule has 1 aliphatic rings. The summed E-state index contributed by atoms with van der Waals surface area (Å²) in [7, 11) is 2.72. The molecule has 1 N–H and O–H groups in total. The number of rotatable bonds is 5. The summed E-state index contributed by atoms with van der Waals surface area (Å²) < 4.78 is 23.5. The molecule has 1 unspecified atom stereocenters. The maximum absolute atomic E-state index is 13.6. The largest absolute Gasteiger partial charge is 0.507 e. The molecule has 3 aromatic rings. The molecule has 1 fully saturated rings. The van der Waals surface area contributed by atoms with Crippen LogP contribution in [0, 0.1) is 12.7 Å². The van der Waals surface area contributed by atoms with E-state index in [-0.39, 0.29) is 21.1 Å². The number of aliphatic hydroxyl groups excluding tert-OH is 1. The number of amides is 1. The Kier molecular flexibility index (Phi) is 6.16. The number of aromatic nitrogens is 1. The highest BCUT2D eigenvalue weighted by molar-refractivity contribution is 7.17. The van der Waals surface area contributed by atoms with E-state index in [1.54, 1.807) is 31.2 Å². The molecule has 8 nitrogen and oxygen atoms in total. The van der Waals surface area contributed by atoms with Gasteiger partial charge in [-0.2, -0.15) is 0 Å². The number of aliphatic hydroxyl groups is 1. The molecule has 1 saturated heterocycles. The fourth-order valence-electron chi connectivity index (χ4n) is 3.66. The van der Waals surface area contributed by atoms with Gasteiger partial charge in [0.05, 0.1) is 31.5 Å². The van der Waals surface area contributed by atoms with Gasteiger partial charge in [-0.1, -0.05) is 23.5 Å². The number of carbonyl (C=O) groups is 3. The van der Waals surface area contributed by atoms with E-state index in [1.165, 1.54) is 38.5 Å². The van der Waals surface area contributed by atoms with Gasteiger partial charge in [0.2, 0.25) is 0 Å². The third-order valence-electron chi connectivity index (χ3n) is 5.36. The highest BCUT2D eigenvalue weighted by atomic mass is 32.1. The van der Waals surface area contributed by atoms with Crippen molar-refractivity contribution in [2.75, 3.05) is 19.1 Å². The molecule has 1 atom stereocenters. The van der Waals surface area contributed by atoms with E-state index in [2.05, 4.69) is 4.98 Å². The summed E-state index contributed by atoms with van der Waals surface area (Å²) in [6.45, 7) is 1.58. The number of hydrogen-bond acceptors (Lipinski definition) is 8. The van der Waals surface area contributed by atoms with E-state index in [4.69, 9.17) is 9.47 Å². The number of carbonyl (C=O) groups excluding carboxylic acids is 3. The molecule has 1 amide bonds. The molecule has 1 aromatic heterocycles. The first-order valence-corrected chi connectivity index (χ1v) is 10.8. The van der Waals surface area contributed by atoms with E-state index in [9.17, 15) is 23.9 Å². The fraction of sp³-hybridized carbons (Fsp3) is 0.167. The predicted molar refractivity (Wildman–Crippen MR) is 122 cm³/mol. The number of methoxy groups -OCH3 is 2. The number of benzene rings is 2. The van der Waals surface area contributed by atoms with Gasteiger partial charge < -0.3 is 14.6 Å². The number of hydrogen-bond donors (Lipinski definition) is 1. The Morgan fingerprint density at radius 3 is 2.32 bits per heavy atom. The number of halogens is 1. The Bertz CT molecular complexity index is 1310. The lowest BCUT2D eigenvalue weighted by molar-refractivity contribution is -0.132. The van der Waals surface area contributed by atoms with Gasteiger partial charge in [-0.05, 0) is 48.9 Å². The van der Waals surface area contributed by atoms with Crippen molar-refractivity contribution in [1.82, 2.24) is 4.98 Å². The summed E-state index contributed by atoms with van der Waals surface area (Å²) in [5.41, 5.74) is 0.802.